The molecule has 2 aromatic carbocycles. The molecule has 0 saturated carbocycles. The summed E-state index contributed by atoms with van der Waals surface area (Å²) in [4.78, 5) is 13.3. The highest BCUT2D eigenvalue weighted by molar-refractivity contribution is 7.89. The maximum Gasteiger partial charge on any atom is 0.407 e. The Morgan fingerprint density at radius 2 is 1.67 bits per heavy atom. The zero-order chi connectivity index (χ0) is 35.6. The van der Waals surface area contributed by atoms with Gasteiger partial charge in [-0.05, 0) is 74.6 Å². The van der Waals surface area contributed by atoms with Crippen LogP contribution in [0.2, 0.25) is 0 Å². The van der Waals surface area contributed by atoms with Gasteiger partial charge in [-0.25, -0.2) is 13.2 Å². The molecular weight excluding hydrogens is 679 g/mol. The number of hydrogen-bond acceptors (Lipinski definition) is 12. The molecule has 0 bridgehead atoms. The highest BCUT2D eigenvalue weighted by atomic mass is 32.2. The number of nitrogens with zero attached hydrogens (tertiary/aromatic N) is 1. The number of sulfonamides is 1. The van der Waals surface area contributed by atoms with Crippen LogP contribution in [0.3, 0.4) is 0 Å². The van der Waals surface area contributed by atoms with Gasteiger partial charge in [-0.1, -0.05) is 26.0 Å². The minimum absolute atomic E-state index is 0.0495. The molecule has 5 atom stereocenters. The average Bonchev–Trinajstić information content (AvgIpc) is 3.69. The predicted molar refractivity (Wildman–Crippen MR) is 180 cm³/mol. The number of aliphatic hydroxyl groups is 1. The Balaban J connectivity index is 1.52. The fraction of sp³-hybridized carbons (Fsp3) is 0.606. The van der Waals surface area contributed by atoms with Crippen LogP contribution in [0, 0.1) is 11.8 Å². The molecule has 0 spiro atoms. The number of benzene rings is 2. The number of hydrogen-bond donors (Lipinski definition) is 2. The summed E-state index contributed by atoms with van der Waals surface area (Å²) >= 11 is 0. The van der Waals surface area contributed by atoms with Crippen LogP contribution >= 0.6 is 7.60 Å². The fourth-order valence-electron chi connectivity index (χ4n) is 5.70. The van der Waals surface area contributed by atoms with Crippen molar-refractivity contribution in [3.63, 3.8) is 0 Å². The summed E-state index contributed by atoms with van der Waals surface area (Å²) < 4.78 is 79.8. The van der Waals surface area contributed by atoms with E-state index in [0.717, 1.165) is 0 Å². The standard InChI is InChI=1S/C33H49N2O12PS/c1-6-45-48(38,46-7-2)22-44-26-10-8-24(9-11-26)18-29(34-33(37)47-31-21-43-32-28(31)16-17-42-32)30(36)20-35(19-23(3)4)49(39,40)27-14-12-25(41-5)13-15-27/h8-15,23,28-32,36H,6-7,16-22H2,1-5H3,(H,34,37)/t28-,29+,30?,31-,32+/m0/s1. The van der Waals surface area contributed by atoms with Crippen molar-refractivity contribution in [3.05, 3.63) is 54.1 Å². The van der Waals surface area contributed by atoms with E-state index in [1.165, 1.54) is 23.5 Å². The van der Waals surface area contributed by atoms with Gasteiger partial charge in [0.15, 0.2) is 12.6 Å². The molecule has 14 nitrogen and oxygen atoms in total. The molecule has 274 valence electrons. The molecule has 2 aliphatic heterocycles. The predicted octanol–water partition coefficient (Wildman–Crippen LogP) is 4.40. The van der Waals surface area contributed by atoms with E-state index >= 15 is 0 Å². The Labute approximate surface area is 288 Å². The van der Waals surface area contributed by atoms with Gasteiger partial charge in [-0.15, -0.1) is 0 Å². The molecule has 1 amide bonds. The summed E-state index contributed by atoms with van der Waals surface area (Å²) in [5.74, 6) is 0.776. The van der Waals surface area contributed by atoms with Crippen molar-refractivity contribution in [2.45, 2.75) is 70.0 Å². The monoisotopic (exact) mass is 728 g/mol. The number of aliphatic hydroxyl groups excluding tert-OH is 1. The number of carbonyl (C=O) groups is 1. The molecule has 0 aromatic heterocycles. The summed E-state index contributed by atoms with van der Waals surface area (Å²) in [5, 5.41) is 14.4. The Kier molecular flexibility index (Phi) is 14.3. The molecule has 4 rings (SSSR count). The maximum absolute atomic E-state index is 13.8. The largest absolute Gasteiger partial charge is 0.497 e. The minimum Gasteiger partial charge on any atom is -0.497 e. The van der Waals surface area contributed by atoms with Gasteiger partial charge in [-0.3, -0.25) is 4.57 Å². The molecule has 2 N–H and O–H groups in total. The van der Waals surface area contributed by atoms with Crippen molar-refractivity contribution in [1.29, 1.82) is 0 Å². The topological polar surface area (TPSA) is 168 Å². The maximum atomic E-state index is 13.8. The van der Waals surface area contributed by atoms with E-state index in [4.69, 9.17) is 32.7 Å². The lowest BCUT2D eigenvalue weighted by Gasteiger charge is -2.31. The van der Waals surface area contributed by atoms with Gasteiger partial charge in [0.1, 0.15) is 17.6 Å². The number of nitrogens with one attached hydrogen (secondary N) is 1. The number of carbonyl (C=O) groups excluding carboxylic acids is 1. The second kappa shape index (κ2) is 18.0. The normalized spacial score (nSPS) is 20.6. The first-order valence-electron chi connectivity index (χ1n) is 16.5. The van der Waals surface area contributed by atoms with Crippen molar-refractivity contribution in [2.75, 3.05) is 53.0 Å². The van der Waals surface area contributed by atoms with E-state index in [-0.39, 0.29) is 62.4 Å². The molecule has 0 aliphatic carbocycles. The highest BCUT2D eigenvalue weighted by Crippen LogP contribution is 2.47. The van der Waals surface area contributed by atoms with Crippen LogP contribution in [0.25, 0.3) is 0 Å². The zero-order valence-corrected chi connectivity index (χ0v) is 30.4. The van der Waals surface area contributed by atoms with Gasteiger partial charge in [0.25, 0.3) is 0 Å². The molecule has 2 saturated heterocycles. The van der Waals surface area contributed by atoms with Crippen LogP contribution in [0.4, 0.5) is 4.79 Å². The molecule has 0 radical (unpaired) electrons. The summed E-state index contributed by atoms with van der Waals surface area (Å²) in [5.41, 5.74) is 0.705. The van der Waals surface area contributed by atoms with Crippen LogP contribution < -0.4 is 14.8 Å². The second-order valence-electron chi connectivity index (χ2n) is 12.2. The van der Waals surface area contributed by atoms with Crippen LogP contribution in [0.15, 0.2) is 53.4 Å². The van der Waals surface area contributed by atoms with E-state index < -0.39 is 48.3 Å². The molecule has 16 heteroatoms. The third-order valence-electron chi connectivity index (χ3n) is 8.09. The Morgan fingerprint density at radius 3 is 2.29 bits per heavy atom. The van der Waals surface area contributed by atoms with Gasteiger partial charge >= 0.3 is 13.7 Å². The lowest BCUT2D eigenvalue weighted by atomic mass is 10.0. The third-order valence-corrected chi connectivity index (χ3v) is 11.7. The molecule has 2 aromatic rings. The number of fused-ring (bicyclic) bond motifs is 1. The quantitative estimate of drug-likeness (QED) is 0.196. The Morgan fingerprint density at radius 1 is 1.02 bits per heavy atom. The molecular formula is C33H49N2O12PS. The lowest BCUT2D eigenvalue weighted by molar-refractivity contribution is -0.0907. The van der Waals surface area contributed by atoms with Gasteiger partial charge < -0.3 is 43.2 Å². The summed E-state index contributed by atoms with van der Waals surface area (Å²) in [6.45, 7) is 8.14. The van der Waals surface area contributed by atoms with Crippen LogP contribution in [-0.2, 0) is 44.3 Å². The van der Waals surface area contributed by atoms with E-state index in [2.05, 4.69) is 5.32 Å². The second-order valence-corrected chi connectivity index (χ2v) is 16.2. The van der Waals surface area contributed by atoms with Crippen molar-refractivity contribution < 1.29 is 55.6 Å². The van der Waals surface area contributed by atoms with E-state index in [0.29, 0.717) is 30.1 Å². The lowest BCUT2D eigenvalue weighted by Crippen LogP contribution is -2.51. The van der Waals surface area contributed by atoms with Crippen molar-refractivity contribution in [1.82, 2.24) is 9.62 Å². The summed E-state index contributed by atoms with van der Waals surface area (Å²) in [6.07, 6.45) is -2.47. The first kappa shape index (κ1) is 39.0. The number of methoxy groups -OCH3 is 1. The molecule has 1 unspecified atom stereocenters. The Hall–Kier alpha value is -2.75. The fourth-order valence-corrected chi connectivity index (χ4v) is 8.64. The number of ether oxygens (including phenoxy) is 5. The van der Waals surface area contributed by atoms with Crippen LogP contribution in [0.1, 0.15) is 39.7 Å². The number of rotatable bonds is 19. The van der Waals surface area contributed by atoms with Gasteiger partial charge in [-0.2, -0.15) is 4.31 Å². The first-order chi connectivity index (χ1) is 23.4. The van der Waals surface area contributed by atoms with E-state index in [1.807, 2.05) is 13.8 Å². The molecule has 2 heterocycles. The Bertz CT molecular complexity index is 1480. The van der Waals surface area contributed by atoms with Crippen molar-refractivity contribution in [3.8, 4) is 11.5 Å². The van der Waals surface area contributed by atoms with Gasteiger partial charge in [0, 0.05) is 13.1 Å². The summed E-state index contributed by atoms with van der Waals surface area (Å²) in [7, 11) is -5.96. The smallest absolute Gasteiger partial charge is 0.407 e. The minimum atomic E-state index is -4.03. The van der Waals surface area contributed by atoms with Crippen LogP contribution in [0.5, 0.6) is 11.5 Å². The average molecular weight is 729 g/mol. The zero-order valence-electron chi connectivity index (χ0n) is 28.7. The highest BCUT2D eigenvalue weighted by Gasteiger charge is 2.44. The number of alkyl carbamates (subject to hydrolysis) is 1. The first-order valence-corrected chi connectivity index (χ1v) is 19.7. The van der Waals surface area contributed by atoms with Crippen molar-refractivity contribution >= 4 is 23.7 Å². The van der Waals surface area contributed by atoms with Gasteiger partial charge in [0.05, 0.1) is 56.5 Å². The van der Waals surface area contributed by atoms with E-state index in [1.54, 1.807) is 50.2 Å². The SMILES string of the molecule is CCOP(=O)(COc1ccc(C[C@@H](NC(=O)O[C@H]2CO[C@H]3OCC[C@H]32)C(O)CN(CC(C)C)S(=O)(=O)c2ccc(OC)cc2)cc1)OCC. The van der Waals surface area contributed by atoms with Crippen molar-refractivity contribution in [2.24, 2.45) is 11.8 Å². The molecule has 2 aliphatic rings. The third kappa shape index (κ3) is 10.9. The summed E-state index contributed by atoms with van der Waals surface area (Å²) in [6, 6.07) is 11.9. The van der Waals surface area contributed by atoms with Gasteiger partial charge in [0.2, 0.25) is 10.0 Å². The van der Waals surface area contributed by atoms with E-state index in [9.17, 15) is 22.9 Å². The molecule has 49 heavy (non-hydrogen) atoms. The van der Waals surface area contributed by atoms with Crippen LogP contribution in [-0.4, -0.2) is 101 Å². The number of amides is 1. The molecule has 2 fully saturated rings.